The number of hydrogen-bond acceptors (Lipinski definition) is 6. The Kier molecular flexibility index (Phi) is 5.17. The van der Waals surface area contributed by atoms with Crippen LogP contribution in [0.3, 0.4) is 0 Å². The first kappa shape index (κ1) is 17.1. The van der Waals surface area contributed by atoms with Gasteiger partial charge in [-0.3, -0.25) is 9.36 Å². The molecule has 1 aliphatic heterocycles. The lowest BCUT2D eigenvalue weighted by Crippen LogP contribution is -2.38. The lowest BCUT2D eigenvalue weighted by Gasteiger charge is -2.28. The Labute approximate surface area is 152 Å². The van der Waals surface area contributed by atoms with E-state index >= 15 is 0 Å². The number of nitrogens with one attached hydrogen (secondary N) is 1. The molecule has 3 fully saturated rings. The van der Waals surface area contributed by atoms with Crippen molar-refractivity contribution in [1.29, 1.82) is 0 Å². The van der Waals surface area contributed by atoms with Gasteiger partial charge < -0.3 is 15.0 Å². The van der Waals surface area contributed by atoms with Gasteiger partial charge in [0, 0.05) is 25.2 Å². The maximum Gasteiger partial charge on any atom is 0.233 e. The Morgan fingerprint density at radius 3 is 2.60 bits per heavy atom. The zero-order valence-corrected chi connectivity index (χ0v) is 15.6. The van der Waals surface area contributed by atoms with Crippen LogP contribution in [0.15, 0.2) is 5.16 Å². The first-order valence-electron chi connectivity index (χ1n) is 9.47. The van der Waals surface area contributed by atoms with Crippen LogP contribution in [0.25, 0.3) is 0 Å². The standard InChI is InChI=1S/C17H27N5O2S/c1-12(15(23)18-13-4-2-3-5-13)25-17-20-19-16(22(17)14-6-7-14)21-8-10-24-11-9-21/h12-14H,2-11H2,1H3,(H,18,23). The van der Waals surface area contributed by atoms with Crippen molar-refractivity contribution in [2.45, 2.75) is 67.9 Å². The molecule has 2 saturated carbocycles. The fourth-order valence-electron chi connectivity index (χ4n) is 3.58. The van der Waals surface area contributed by atoms with Crippen molar-refractivity contribution in [3.63, 3.8) is 0 Å². The second kappa shape index (κ2) is 7.53. The van der Waals surface area contributed by atoms with E-state index in [0.29, 0.717) is 12.1 Å². The third-order valence-corrected chi connectivity index (χ3v) is 6.26. The molecule has 0 aromatic carbocycles. The fourth-order valence-corrected chi connectivity index (χ4v) is 4.50. The van der Waals surface area contributed by atoms with Crippen molar-refractivity contribution >= 4 is 23.6 Å². The van der Waals surface area contributed by atoms with E-state index in [0.717, 1.165) is 50.2 Å². The van der Waals surface area contributed by atoms with Crippen molar-refractivity contribution in [3.8, 4) is 0 Å². The Bertz CT molecular complexity index is 606. The van der Waals surface area contributed by atoms with E-state index in [1.165, 1.54) is 37.4 Å². The smallest absolute Gasteiger partial charge is 0.233 e. The number of morpholine rings is 1. The van der Waals surface area contributed by atoms with E-state index in [9.17, 15) is 4.79 Å². The number of nitrogens with zero attached hydrogens (tertiary/aromatic N) is 4. The molecule has 2 heterocycles. The molecule has 0 bridgehead atoms. The summed E-state index contributed by atoms with van der Waals surface area (Å²) in [5.74, 6) is 1.06. The summed E-state index contributed by atoms with van der Waals surface area (Å²) in [5, 5.41) is 12.8. The average Bonchev–Trinajstić information content (AvgIpc) is 3.17. The number of carbonyl (C=O) groups is 1. The molecule has 138 valence electrons. The molecule has 0 radical (unpaired) electrons. The zero-order valence-electron chi connectivity index (χ0n) is 14.8. The highest BCUT2D eigenvalue weighted by atomic mass is 32.2. The van der Waals surface area contributed by atoms with Crippen LogP contribution in [0.5, 0.6) is 0 Å². The summed E-state index contributed by atoms with van der Waals surface area (Å²) in [6.45, 7) is 5.15. The minimum absolute atomic E-state index is 0.121. The Hall–Kier alpha value is -1.28. The largest absolute Gasteiger partial charge is 0.378 e. The van der Waals surface area contributed by atoms with E-state index in [2.05, 4.69) is 25.0 Å². The molecule has 7 nitrogen and oxygen atoms in total. The van der Waals surface area contributed by atoms with E-state index in [4.69, 9.17) is 4.74 Å². The molecule has 0 spiro atoms. The van der Waals surface area contributed by atoms with Gasteiger partial charge in [0.25, 0.3) is 0 Å². The number of amides is 1. The van der Waals surface area contributed by atoms with Gasteiger partial charge in [0.1, 0.15) is 0 Å². The third kappa shape index (κ3) is 3.95. The number of rotatable bonds is 6. The Morgan fingerprint density at radius 1 is 1.20 bits per heavy atom. The topological polar surface area (TPSA) is 72.3 Å². The molecule has 1 amide bonds. The van der Waals surface area contributed by atoms with Gasteiger partial charge in [-0.1, -0.05) is 24.6 Å². The van der Waals surface area contributed by atoms with Crippen molar-refractivity contribution in [2.24, 2.45) is 0 Å². The summed E-state index contributed by atoms with van der Waals surface area (Å²) in [6.07, 6.45) is 7.03. The molecule has 1 aromatic rings. The van der Waals surface area contributed by atoms with Gasteiger partial charge in [0.2, 0.25) is 11.9 Å². The second-order valence-corrected chi connectivity index (χ2v) is 8.54. The van der Waals surface area contributed by atoms with Gasteiger partial charge >= 0.3 is 0 Å². The summed E-state index contributed by atoms with van der Waals surface area (Å²) in [5.41, 5.74) is 0. The minimum atomic E-state index is -0.153. The van der Waals surface area contributed by atoms with Crippen LogP contribution in [0, 0.1) is 0 Å². The molecule has 1 N–H and O–H groups in total. The second-order valence-electron chi connectivity index (χ2n) is 7.23. The molecule has 1 aromatic heterocycles. The maximum atomic E-state index is 12.5. The monoisotopic (exact) mass is 365 g/mol. The number of thioether (sulfide) groups is 1. The molecule has 1 saturated heterocycles. The summed E-state index contributed by atoms with van der Waals surface area (Å²) in [7, 11) is 0. The minimum Gasteiger partial charge on any atom is -0.378 e. The van der Waals surface area contributed by atoms with Crippen LogP contribution in [0.1, 0.15) is 51.5 Å². The first-order chi connectivity index (χ1) is 12.2. The number of aromatic nitrogens is 3. The molecule has 1 unspecified atom stereocenters. The summed E-state index contributed by atoms with van der Waals surface area (Å²) in [6, 6.07) is 0.848. The van der Waals surface area contributed by atoms with Gasteiger partial charge in [0.15, 0.2) is 5.16 Å². The first-order valence-corrected chi connectivity index (χ1v) is 10.3. The number of carbonyl (C=O) groups excluding carboxylic acids is 1. The zero-order chi connectivity index (χ0) is 17.2. The highest BCUT2D eigenvalue weighted by Crippen LogP contribution is 2.41. The summed E-state index contributed by atoms with van der Waals surface area (Å²) >= 11 is 1.53. The highest BCUT2D eigenvalue weighted by molar-refractivity contribution is 8.00. The molecule has 4 rings (SSSR count). The quantitative estimate of drug-likeness (QED) is 0.778. The molecular weight excluding hydrogens is 338 g/mol. The molecule has 3 aliphatic rings. The van der Waals surface area contributed by atoms with E-state index in [-0.39, 0.29) is 11.2 Å². The van der Waals surface area contributed by atoms with Crippen molar-refractivity contribution in [1.82, 2.24) is 20.1 Å². The lowest BCUT2D eigenvalue weighted by molar-refractivity contribution is -0.120. The molecule has 25 heavy (non-hydrogen) atoms. The van der Waals surface area contributed by atoms with Crippen LogP contribution in [0.2, 0.25) is 0 Å². The van der Waals surface area contributed by atoms with E-state index in [1.807, 2.05) is 6.92 Å². The third-order valence-electron chi connectivity index (χ3n) is 5.21. The van der Waals surface area contributed by atoms with Crippen molar-refractivity contribution in [2.75, 3.05) is 31.2 Å². The lowest BCUT2D eigenvalue weighted by atomic mass is 10.2. The summed E-state index contributed by atoms with van der Waals surface area (Å²) in [4.78, 5) is 14.7. The summed E-state index contributed by atoms with van der Waals surface area (Å²) < 4.78 is 7.69. The van der Waals surface area contributed by atoms with Crippen LogP contribution in [-0.2, 0) is 9.53 Å². The SMILES string of the molecule is CC(Sc1nnc(N2CCOCC2)n1C1CC1)C(=O)NC1CCCC1. The van der Waals surface area contributed by atoms with Crippen LogP contribution in [0.4, 0.5) is 5.95 Å². The van der Waals surface area contributed by atoms with E-state index in [1.54, 1.807) is 0 Å². The predicted octanol–water partition coefficient (Wildman–Crippen LogP) is 1.99. The normalized spacial score (nSPS) is 23.0. The Balaban J connectivity index is 1.44. The van der Waals surface area contributed by atoms with E-state index < -0.39 is 0 Å². The molecule has 2 aliphatic carbocycles. The number of hydrogen-bond donors (Lipinski definition) is 1. The molecule has 1 atom stereocenters. The molecule has 8 heteroatoms. The fraction of sp³-hybridized carbons (Fsp3) is 0.824. The van der Waals surface area contributed by atoms with Crippen LogP contribution < -0.4 is 10.2 Å². The van der Waals surface area contributed by atoms with Gasteiger partial charge in [-0.2, -0.15) is 0 Å². The average molecular weight is 366 g/mol. The Morgan fingerprint density at radius 2 is 1.92 bits per heavy atom. The highest BCUT2D eigenvalue weighted by Gasteiger charge is 2.33. The number of anilines is 1. The van der Waals surface area contributed by atoms with Crippen LogP contribution >= 0.6 is 11.8 Å². The van der Waals surface area contributed by atoms with Crippen molar-refractivity contribution < 1.29 is 9.53 Å². The van der Waals surface area contributed by atoms with Crippen molar-refractivity contribution in [3.05, 3.63) is 0 Å². The van der Waals surface area contributed by atoms with Crippen LogP contribution in [-0.4, -0.2) is 58.3 Å². The maximum absolute atomic E-state index is 12.5. The van der Waals surface area contributed by atoms with Gasteiger partial charge in [-0.05, 0) is 32.6 Å². The van der Waals surface area contributed by atoms with Gasteiger partial charge in [-0.15, -0.1) is 10.2 Å². The van der Waals surface area contributed by atoms with Gasteiger partial charge in [-0.25, -0.2) is 0 Å². The van der Waals surface area contributed by atoms with Gasteiger partial charge in [0.05, 0.1) is 18.5 Å². The predicted molar refractivity (Wildman–Crippen MR) is 97.0 cm³/mol. The number of ether oxygens (including phenoxy) is 1. The molecular formula is C17H27N5O2S.